The lowest BCUT2D eigenvalue weighted by Gasteiger charge is -2.14. The van der Waals surface area contributed by atoms with Crippen molar-refractivity contribution in [3.63, 3.8) is 0 Å². The molecule has 0 aliphatic carbocycles. The highest BCUT2D eigenvalue weighted by Gasteiger charge is 2.06. The lowest BCUT2D eigenvalue weighted by molar-refractivity contribution is 0.342. The number of rotatable bonds is 4. The van der Waals surface area contributed by atoms with Gasteiger partial charge in [-0.25, -0.2) is 0 Å². The number of anilines is 3. The first-order valence-electron chi connectivity index (χ1n) is 6.46. The molecule has 0 saturated heterocycles. The van der Waals surface area contributed by atoms with Crippen molar-refractivity contribution in [3.8, 4) is 5.75 Å². The molecule has 0 aliphatic rings. The minimum atomic E-state index is 0.608. The monoisotopic (exact) mass is 256 g/mol. The fraction of sp³-hybridized carbons (Fsp3) is 0.250. The van der Waals surface area contributed by atoms with Gasteiger partial charge in [-0.05, 0) is 56.2 Å². The van der Waals surface area contributed by atoms with Crippen molar-refractivity contribution < 1.29 is 4.74 Å². The topological polar surface area (TPSA) is 47.3 Å². The summed E-state index contributed by atoms with van der Waals surface area (Å²) in [5, 5.41) is 3.35. The van der Waals surface area contributed by atoms with Crippen LogP contribution in [-0.2, 0) is 0 Å². The lowest BCUT2D eigenvalue weighted by atomic mass is 10.1. The molecule has 0 aliphatic heterocycles. The number of aryl methyl sites for hydroxylation is 2. The van der Waals surface area contributed by atoms with Crippen LogP contribution in [-0.4, -0.2) is 6.61 Å². The Bertz CT molecular complexity index is 559. The molecule has 0 atom stereocenters. The number of hydrogen-bond donors (Lipinski definition) is 2. The van der Waals surface area contributed by atoms with Crippen molar-refractivity contribution >= 4 is 17.1 Å². The molecular formula is C16H20N2O. The highest BCUT2D eigenvalue weighted by atomic mass is 16.5. The number of benzene rings is 2. The van der Waals surface area contributed by atoms with Gasteiger partial charge in [0.05, 0.1) is 18.0 Å². The normalized spacial score (nSPS) is 10.3. The van der Waals surface area contributed by atoms with E-state index in [2.05, 4.69) is 37.4 Å². The van der Waals surface area contributed by atoms with Crippen molar-refractivity contribution in [1.29, 1.82) is 0 Å². The predicted octanol–water partition coefficient (Wildman–Crippen LogP) is 4.03. The second kappa shape index (κ2) is 5.65. The third kappa shape index (κ3) is 3.19. The molecule has 0 amide bonds. The van der Waals surface area contributed by atoms with Gasteiger partial charge in [0.1, 0.15) is 5.75 Å². The molecule has 19 heavy (non-hydrogen) atoms. The van der Waals surface area contributed by atoms with Crippen molar-refractivity contribution in [3.05, 3.63) is 47.5 Å². The van der Waals surface area contributed by atoms with Crippen LogP contribution in [0.25, 0.3) is 0 Å². The molecule has 0 spiro atoms. The van der Waals surface area contributed by atoms with E-state index >= 15 is 0 Å². The van der Waals surface area contributed by atoms with E-state index in [1.165, 1.54) is 11.1 Å². The Hall–Kier alpha value is -2.16. The van der Waals surface area contributed by atoms with E-state index in [4.69, 9.17) is 10.5 Å². The first kappa shape index (κ1) is 13.3. The SMILES string of the molecule is CCOc1cccc(Nc2cc(C)cc(C)c2)c1N. The Morgan fingerprint density at radius 3 is 2.42 bits per heavy atom. The van der Waals surface area contributed by atoms with Crippen LogP contribution in [0.4, 0.5) is 17.1 Å². The fourth-order valence-electron chi connectivity index (χ4n) is 2.14. The molecule has 100 valence electrons. The average Bonchev–Trinajstić information content (AvgIpc) is 2.33. The molecular weight excluding hydrogens is 236 g/mol. The zero-order valence-electron chi connectivity index (χ0n) is 11.7. The lowest BCUT2D eigenvalue weighted by Crippen LogP contribution is -2.01. The molecule has 0 bridgehead atoms. The second-order valence-electron chi connectivity index (χ2n) is 4.65. The summed E-state index contributed by atoms with van der Waals surface area (Å²) in [6, 6.07) is 12.1. The zero-order chi connectivity index (χ0) is 13.8. The summed E-state index contributed by atoms with van der Waals surface area (Å²) in [6.45, 7) is 6.72. The molecule has 3 N–H and O–H groups in total. The molecule has 2 aromatic rings. The van der Waals surface area contributed by atoms with Gasteiger partial charge in [-0.15, -0.1) is 0 Å². The van der Waals surface area contributed by atoms with Crippen molar-refractivity contribution in [1.82, 2.24) is 0 Å². The molecule has 0 unspecified atom stereocenters. The smallest absolute Gasteiger partial charge is 0.144 e. The quantitative estimate of drug-likeness (QED) is 0.812. The van der Waals surface area contributed by atoms with Gasteiger partial charge in [0, 0.05) is 5.69 Å². The first-order chi connectivity index (χ1) is 9.10. The maximum absolute atomic E-state index is 6.11. The minimum absolute atomic E-state index is 0.608. The first-order valence-corrected chi connectivity index (χ1v) is 6.46. The van der Waals surface area contributed by atoms with Crippen LogP contribution in [0.5, 0.6) is 5.75 Å². The zero-order valence-corrected chi connectivity index (χ0v) is 11.7. The Morgan fingerprint density at radius 1 is 1.11 bits per heavy atom. The van der Waals surface area contributed by atoms with Gasteiger partial charge in [0.2, 0.25) is 0 Å². The van der Waals surface area contributed by atoms with Crippen LogP contribution in [0.3, 0.4) is 0 Å². The summed E-state index contributed by atoms with van der Waals surface area (Å²) in [5.74, 6) is 0.719. The van der Waals surface area contributed by atoms with E-state index in [-0.39, 0.29) is 0 Å². The Morgan fingerprint density at radius 2 is 1.79 bits per heavy atom. The summed E-state index contributed by atoms with van der Waals surface area (Å²) in [4.78, 5) is 0. The third-order valence-electron chi connectivity index (χ3n) is 2.87. The molecule has 0 heterocycles. The number of nitrogen functional groups attached to an aromatic ring is 1. The Kier molecular flexibility index (Phi) is 3.95. The number of hydrogen-bond acceptors (Lipinski definition) is 3. The summed E-state index contributed by atoms with van der Waals surface area (Å²) in [6.07, 6.45) is 0. The highest BCUT2D eigenvalue weighted by Crippen LogP contribution is 2.31. The van der Waals surface area contributed by atoms with Gasteiger partial charge in [-0.2, -0.15) is 0 Å². The minimum Gasteiger partial charge on any atom is -0.492 e. The summed E-state index contributed by atoms with van der Waals surface area (Å²) < 4.78 is 5.50. The maximum atomic E-state index is 6.11. The molecule has 0 aromatic heterocycles. The van der Waals surface area contributed by atoms with Gasteiger partial charge >= 0.3 is 0 Å². The maximum Gasteiger partial charge on any atom is 0.144 e. The van der Waals surface area contributed by atoms with Crippen molar-refractivity contribution in [2.45, 2.75) is 20.8 Å². The Labute approximate surface area is 114 Å². The number of ether oxygens (including phenoxy) is 1. The van der Waals surface area contributed by atoms with Crippen molar-refractivity contribution in [2.24, 2.45) is 0 Å². The predicted molar refractivity (Wildman–Crippen MR) is 81.2 cm³/mol. The highest BCUT2D eigenvalue weighted by molar-refractivity contribution is 5.77. The summed E-state index contributed by atoms with van der Waals surface area (Å²) >= 11 is 0. The second-order valence-corrected chi connectivity index (χ2v) is 4.65. The fourth-order valence-corrected chi connectivity index (χ4v) is 2.14. The number of nitrogens with one attached hydrogen (secondary N) is 1. The van der Waals surface area contributed by atoms with Crippen LogP contribution in [0.2, 0.25) is 0 Å². The summed E-state index contributed by atoms with van der Waals surface area (Å²) in [7, 11) is 0. The van der Waals surface area contributed by atoms with E-state index in [0.29, 0.717) is 12.3 Å². The van der Waals surface area contributed by atoms with E-state index in [0.717, 1.165) is 17.1 Å². The largest absolute Gasteiger partial charge is 0.492 e. The van der Waals surface area contributed by atoms with Crippen LogP contribution >= 0.6 is 0 Å². The number of para-hydroxylation sites is 1. The molecule has 3 nitrogen and oxygen atoms in total. The molecule has 3 heteroatoms. The van der Waals surface area contributed by atoms with Crippen LogP contribution in [0, 0.1) is 13.8 Å². The van der Waals surface area contributed by atoms with E-state index < -0.39 is 0 Å². The van der Waals surface area contributed by atoms with Gasteiger partial charge in [-0.1, -0.05) is 12.1 Å². The van der Waals surface area contributed by atoms with Crippen LogP contribution < -0.4 is 15.8 Å². The van der Waals surface area contributed by atoms with Crippen LogP contribution in [0.15, 0.2) is 36.4 Å². The molecule has 2 rings (SSSR count). The molecule has 0 radical (unpaired) electrons. The van der Waals surface area contributed by atoms with Gasteiger partial charge < -0.3 is 15.8 Å². The van der Waals surface area contributed by atoms with Gasteiger partial charge in [-0.3, -0.25) is 0 Å². The molecule has 2 aromatic carbocycles. The van der Waals surface area contributed by atoms with E-state index in [1.807, 2.05) is 25.1 Å². The number of nitrogens with two attached hydrogens (primary N) is 1. The van der Waals surface area contributed by atoms with Crippen LogP contribution in [0.1, 0.15) is 18.1 Å². The van der Waals surface area contributed by atoms with E-state index in [1.54, 1.807) is 0 Å². The molecule has 0 saturated carbocycles. The Balaban J connectivity index is 2.30. The average molecular weight is 256 g/mol. The van der Waals surface area contributed by atoms with Gasteiger partial charge in [0.15, 0.2) is 0 Å². The molecule has 0 fully saturated rings. The van der Waals surface area contributed by atoms with E-state index in [9.17, 15) is 0 Å². The third-order valence-corrected chi connectivity index (χ3v) is 2.87. The van der Waals surface area contributed by atoms with Gasteiger partial charge in [0.25, 0.3) is 0 Å². The standard InChI is InChI=1S/C16H20N2O/c1-4-19-15-7-5-6-14(16(15)17)18-13-9-11(2)8-12(3)10-13/h5-10,18H,4,17H2,1-3H3. The van der Waals surface area contributed by atoms with Crippen molar-refractivity contribution in [2.75, 3.05) is 17.7 Å². The summed E-state index contributed by atoms with van der Waals surface area (Å²) in [5.41, 5.74) is 11.1.